The van der Waals surface area contributed by atoms with Crippen molar-refractivity contribution in [3.05, 3.63) is 200 Å². The summed E-state index contributed by atoms with van der Waals surface area (Å²) in [6, 6.07) is 73.6. The second kappa shape index (κ2) is 12.1. The van der Waals surface area contributed by atoms with Crippen LogP contribution in [0.15, 0.2) is 200 Å². The summed E-state index contributed by atoms with van der Waals surface area (Å²) in [5.74, 6) is 0. The van der Waals surface area contributed by atoms with Gasteiger partial charge in [-0.2, -0.15) is 0 Å². The molecule has 13 aromatic rings. The third-order valence-electron chi connectivity index (χ3n) is 12.2. The molecule has 0 spiro atoms. The fourth-order valence-corrected chi connectivity index (χ4v) is 11.0. The van der Waals surface area contributed by atoms with Crippen LogP contribution in [0, 0.1) is 0 Å². The second-order valence-electron chi connectivity index (χ2n) is 15.3. The van der Waals surface area contributed by atoms with Crippen LogP contribution in [0.25, 0.3) is 114 Å². The molecule has 0 aliphatic rings. The number of aromatic nitrogens is 3. The van der Waals surface area contributed by atoms with E-state index in [2.05, 4.69) is 214 Å². The standard InChI is InChI=1S/C54H33N3S/c1-2-14-34(15-3-1)37-20-12-26-51-53(37)54-49(25-13-27-52(54)58-51)57-47-24-11-6-18-40(47)42-30-28-36(33-50(42)57)56-46-23-10-7-19-41(46)43-32-35(29-31-48(43)56)55-44-21-8-4-16-38(44)39-17-5-9-22-45(39)55/h1-33H. The van der Waals surface area contributed by atoms with Crippen LogP contribution in [0.2, 0.25) is 0 Å². The number of fused-ring (bicyclic) bond motifs is 12. The summed E-state index contributed by atoms with van der Waals surface area (Å²) >= 11 is 1.88. The largest absolute Gasteiger partial charge is 0.309 e. The minimum absolute atomic E-state index is 1.14. The van der Waals surface area contributed by atoms with Crippen LogP contribution in [0.3, 0.4) is 0 Å². The smallest absolute Gasteiger partial charge is 0.0562 e. The Hall–Kier alpha value is -7.40. The van der Waals surface area contributed by atoms with Gasteiger partial charge in [0.1, 0.15) is 0 Å². The predicted molar refractivity (Wildman–Crippen MR) is 248 cm³/mol. The maximum absolute atomic E-state index is 2.51. The minimum atomic E-state index is 1.14. The normalized spacial score (nSPS) is 12.1. The van der Waals surface area contributed by atoms with Gasteiger partial charge in [-0.05, 0) is 83.9 Å². The lowest BCUT2D eigenvalue weighted by Crippen LogP contribution is -1.98. The molecule has 58 heavy (non-hydrogen) atoms. The number of hydrogen-bond donors (Lipinski definition) is 0. The fraction of sp³-hybridized carbons (Fsp3) is 0. The molecule has 13 rings (SSSR count). The van der Waals surface area contributed by atoms with E-state index in [1.54, 1.807) is 0 Å². The number of hydrogen-bond acceptors (Lipinski definition) is 1. The summed E-state index contributed by atoms with van der Waals surface area (Å²) in [7, 11) is 0. The van der Waals surface area contributed by atoms with Crippen molar-refractivity contribution in [1.29, 1.82) is 0 Å². The molecule has 4 heteroatoms. The first kappa shape index (κ1) is 31.8. The summed E-state index contributed by atoms with van der Waals surface area (Å²) in [5, 5.41) is 10.1. The van der Waals surface area contributed by atoms with Gasteiger partial charge in [-0.3, -0.25) is 0 Å². The number of nitrogens with zero attached hydrogens (tertiary/aromatic N) is 3. The Morgan fingerprint density at radius 2 is 0.776 bits per heavy atom. The van der Waals surface area contributed by atoms with E-state index in [1.165, 1.54) is 102 Å². The number of rotatable bonds is 4. The van der Waals surface area contributed by atoms with Crippen molar-refractivity contribution in [3.8, 4) is 28.2 Å². The topological polar surface area (TPSA) is 14.8 Å². The molecule has 4 aromatic heterocycles. The van der Waals surface area contributed by atoms with Gasteiger partial charge in [0.25, 0.3) is 0 Å². The van der Waals surface area contributed by atoms with Crippen molar-refractivity contribution in [2.75, 3.05) is 0 Å². The van der Waals surface area contributed by atoms with Gasteiger partial charge in [-0.15, -0.1) is 11.3 Å². The van der Waals surface area contributed by atoms with Crippen LogP contribution < -0.4 is 0 Å². The Kier molecular flexibility index (Phi) is 6.60. The van der Waals surface area contributed by atoms with Crippen LogP contribution in [0.5, 0.6) is 0 Å². The summed E-state index contributed by atoms with van der Waals surface area (Å²) in [4.78, 5) is 0. The molecular formula is C54H33N3S. The molecular weight excluding hydrogens is 723 g/mol. The Morgan fingerprint density at radius 3 is 1.43 bits per heavy atom. The highest BCUT2D eigenvalue weighted by Crippen LogP contribution is 2.45. The van der Waals surface area contributed by atoms with E-state index in [4.69, 9.17) is 0 Å². The van der Waals surface area contributed by atoms with Crippen LogP contribution >= 0.6 is 11.3 Å². The molecule has 0 saturated carbocycles. The van der Waals surface area contributed by atoms with Crippen molar-refractivity contribution in [2.45, 2.75) is 0 Å². The summed E-state index contributed by atoms with van der Waals surface area (Å²) in [6.45, 7) is 0. The van der Waals surface area contributed by atoms with E-state index in [-0.39, 0.29) is 0 Å². The highest BCUT2D eigenvalue weighted by atomic mass is 32.1. The molecule has 3 nitrogen and oxygen atoms in total. The molecule has 0 fully saturated rings. The number of thiophene rings is 1. The maximum atomic E-state index is 2.51. The summed E-state index contributed by atoms with van der Waals surface area (Å²) in [5.41, 5.74) is 13.2. The van der Waals surface area contributed by atoms with Crippen LogP contribution in [0.4, 0.5) is 0 Å². The zero-order valence-electron chi connectivity index (χ0n) is 31.3. The highest BCUT2D eigenvalue weighted by molar-refractivity contribution is 7.26. The molecule has 0 saturated heterocycles. The molecule has 9 aromatic carbocycles. The van der Waals surface area contributed by atoms with Gasteiger partial charge >= 0.3 is 0 Å². The second-order valence-corrected chi connectivity index (χ2v) is 16.4. The van der Waals surface area contributed by atoms with Gasteiger partial charge in [-0.1, -0.05) is 127 Å². The molecule has 0 radical (unpaired) electrons. The lowest BCUT2D eigenvalue weighted by atomic mass is 9.99. The van der Waals surface area contributed by atoms with E-state index in [0.717, 1.165) is 11.4 Å². The van der Waals surface area contributed by atoms with Crippen molar-refractivity contribution < 1.29 is 0 Å². The Morgan fingerprint density at radius 1 is 0.293 bits per heavy atom. The van der Waals surface area contributed by atoms with E-state index < -0.39 is 0 Å². The Bertz CT molecular complexity index is 3750. The van der Waals surface area contributed by atoms with Crippen molar-refractivity contribution in [1.82, 2.24) is 13.7 Å². The molecule has 270 valence electrons. The summed E-state index contributed by atoms with van der Waals surface area (Å²) < 4.78 is 9.97. The molecule has 4 heterocycles. The van der Waals surface area contributed by atoms with Crippen molar-refractivity contribution in [2.24, 2.45) is 0 Å². The molecule has 0 aliphatic carbocycles. The van der Waals surface area contributed by atoms with Crippen LogP contribution in [0.1, 0.15) is 0 Å². The van der Waals surface area contributed by atoms with Gasteiger partial charge in [0.2, 0.25) is 0 Å². The average molecular weight is 756 g/mol. The molecule has 0 amide bonds. The first-order chi connectivity index (χ1) is 28.8. The minimum Gasteiger partial charge on any atom is -0.309 e. The summed E-state index contributed by atoms with van der Waals surface area (Å²) in [6.07, 6.45) is 0. The van der Waals surface area contributed by atoms with E-state index in [1.807, 2.05) is 11.3 Å². The highest BCUT2D eigenvalue weighted by Gasteiger charge is 2.21. The average Bonchev–Trinajstić information content (AvgIpc) is 4.03. The zero-order chi connectivity index (χ0) is 37.9. The van der Waals surface area contributed by atoms with E-state index >= 15 is 0 Å². The van der Waals surface area contributed by atoms with Gasteiger partial charge in [0.05, 0.1) is 38.8 Å². The van der Waals surface area contributed by atoms with Gasteiger partial charge in [0, 0.05) is 63.9 Å². The SMILES string of the molecule is c1ccc(-c2cccc3sc4cccc(-n5c6ccccc6c6ccc(-n7c8ccccc8c8cc(-n9c%10ccccc%10c%10ccccc%109)ccc87)cc65)c4c23)cc1. The first-order valence-electron chi connectivity index (χ1n) is 19.9. The monoisotopic (exact) mass is 755 g/mol. The van der Waals surface area contributed by atoms with Gasteiger partial charge in [0.15, 0.2) is 0 Å². The fourth-order valence-electron chi connectivity index (χ4n) is 9.83. The molecule has 0 N–H and O–H groups in total. The number of para-hydroxylation sites is 4. The van der Waals surface area contributed by atoms with E-state index in [9.17, 15) is 0 Å². The maximum Gasteiger partial charge on any atom is 0.0562 e. The lowest BCUT2D eigenvalue weighted by Gasteiger charge is -2.14. The molecule has 0 atom stereocenters. The predicted octanol–water partition coefficient (Wildman–Crippen LogP) is 15.0. The van der Waals surface area contributed by atoms with Gasteiger partial charge in [-0.25, -0.2) is 0 Å². The van der Waals surface area contributed by atoms with Crippen LogP contribution in [-0.2, 0) is 0 Å². The molecule has 0 unspecified atom stereocenters. The lowest BCUT2D eigenvalue weighted by molar-refractivity contribution is 1.16. The molecule has 0 bridgehead atoms. The third-order valence-corrected chi connectivity index (χ3v) is 13.4. The molecule has 0 aliphatic heterocycles. The third kappa shape index (κ3) is 4.38. The zero-order valence-corrected chi connectivity index (χ0v) is 32.1. The number of benzene rings is 9. The Labute approximate surface area is 337 Å². The first-order valence-corrected chi connectivity index (χ1v) is 20.7. The van der Waals surface area contributed by atoms with E-state index in [0.29, 0.717) is 0 Å². The quantitative estimate of drug-likeness (QED) is 0.170. The van der Waals surface area contributed by atoms with Crippen LogP contribution in [-0.4, -0.2) is 13.7 Å². The van der Waals surface area contributed by atoms with Gasteiger partial charge < -0.3 is 13.7 Å². The van der Waals surface area contributed by atoms with Crippen molar-refractivity contribution in [3.63, 3.8) is 0 Å². The van der Waals surface area contributed by atoms with Crippen molar-refractivity contribution >= 4 is 96.9 Å². The Balaban J connectivity index is 1.08.